The van der Waals surface area contributed by atoms with E-state index in [0.29, 0.717) is 0 Å². The highest BCUT2D eigenvalue weighted by Crippen LogP contribution is 2.52. The van der Waals surface area contributed by atoms with Crippen molar-refractivity contribution in [1.29, 1.82) is 0 Å². The van der Waals surface area contributed by atoms with Crippen LogP contribution in [0, 0.1) is 0 Å². The summed E-state index contributed by atoms with van der Waals surface area (Å²) in [6.07, 6.45) is 0. The summed E-state index contributed by atoms with van der Waals surface area (Å²) >= 11 is 0. The third-order valence-corrected chi connectivity index (χ3v) is 12.8. The van der Waals surface area contributed by atoms with E-state index in [1.807, 2.05) is 0 Å². The number of nitrogens with zero attached hydrogens (tertiary/aromatic N) is 3. The number of fused-ring (bicyclic) bond motifs is 3. The van der Waals surface area contributed by atoms with Crippen molar-refractivity contribution in [3.8, 4) is 67.0 Å². The van der Waals surface area contributed by atoms with Gasteiger partial charge >= 0.3 is 0 Å². The maximum atomic E-state index is 5.96. The summed E-state index contributed by atoms with van der Waals surface area (Å²) in [5.41, 5.74) is 17.2. The smallest absolute Gasteiger partial charge is 0.0986 e. The number of para-hydroxylation sites is 2. The standard InChI is InChI=1S/C64H43N3/c1-6-22-46(23-7-1)57-58(47-24-8-2-9-25-47)60(53-37-35-45-21-17-19-29-51(45)43-53)64-63(59(57)52-36-34-44-20-16-18-28-50(44)42-52)65-61(48-26-10-3-11-27-48)62(66-64)49-38-40-56(41-39-49)67(54-30-12-4-13-31-54)55-32-14-5-15-33-55/h1-43H. The minimum absolute atomic E-state index is 0.814. The second-order valence-corrected chi connectivity index (χ2v) is 16.9. The number of anilines is 3. The molecule has 0 aliphatic carbocycles. The molecule has 0 bridgehead atoms. The Hall–Kier alpha value is -8.92. The average molecular weight is 854 g/mol. The molecule has 67 heavy (non-hydrogen) atoms. The van der Waals surface area contributed by atoms with Crippen LogP contribution in [0.15, 0.2) is 261 Å². The topological polar surface area (TPSA) is 29.0 Å². The van der Waals surface area contributed by atoms with Crippen molar-refractivity contribution in [2.75, 3.05) is 4.90 Å². The van der Waals surface area contributed by atoms with E-state index in [-0.39, 0.29) is 0 Å². The van der Waals surface area contributed by atoms with Gasteiger partial charge in [-0.1, -0.05) is 212 Å². The molecule has 0 spiro atoms. The van der Waals surface area contributed by atoms with Crippen molar-refractivity contribution in [2.24, 2.45) is 0 Å². The molecular weight excluding hydrogens is 811 g/mol. The lowest BCUT2D eigenvalue weighted by Gasteiger charge is -2.26. The van der Waals surface area contributed by atoms with E-state index in [4.69, 9.17) is 9.97 Å². The van der Waals surface area contributed by atoms with Crippen LogP contribution in [-0.2, 0) is 0 Å². The van der Waals surface area contributed by atoms with E-state index in [0.717, 1.165) is 101 Å². The molecule has 0 aliphatic heterocycles. The van der Waals surface area contributed by atoms with E-state index in [1.165, 1.54) is 16.2 Å². The first-order valence-electron chi connectivity index (χ1n) is 22.8. The maximum Gasteiger partial charge on any atom is 0.0986 e. The Balaban J connectivity index is 1.22. The van der Waals surface area contributed by atoms with Crippen molar-refractivity contribution < 1.29 is 0 Å². The summed E-state index contributed by atoms with van der Waals surface area (Å²) in [6, 6.07) is 92.9. The average Bonchev–Trinajstić information content (AvgIpc) is 3.41. The Morgan fingerprint density at radius 3 is 0.955 bits per heavy atom. The van der Waals surface area contributed by atoms with Crippen LogP contribution < -0.4 is 4.90 Å². The predicted molar refractivity (Wildman–Crippen MR) is 282 cm³/mol. The van der Waals surface area contributed by atoms with Crippen molar-refractivity contribution in [3.05, 3.63) is 261 Å². The van der Waals surface area contributed by atoms with Gasteiger partial charge in [0.2, 0.25) is 0 Å². The molecular formula is C64H43N3. The molecule has 0 fully saturated rings. The number of benzene rings is 11. The fourth-order valence-corrected chi connectivity index (χ4v) is 9.68. The molecule has 1 heterocycles. The van der Waals surface area contributed by atoms with Gasteiger partial charge in [-0.05, 0) is 92.3 Å². The van der Waals surface area contributed by atoms with Crippen LogP contribution in [0.1, 0.15) is 0 Å². The van der Waals surface area contributed by atoms with E-state index in [2.05, 4.69) is 266 Å². The largest absolute Gasteiger partial charge is 0.311 e. The molecule has 0 unspecified atom stereocenters. The second kappa shape index (κ2) is 17.2. The van der Waals surface area contributed by atoms with Crippen LogP contribution in [-0.4, -0.2) is 9.97 Å². The van der Waals surface area contributed by atoms with Gasteiger partial charge in [-0.2, -0.15) is 0 Å². The molecule has 0 amide bonds. The first kappa shape index (κ1) is 39.7. The molecule has 3 heteroatoms. The van der Waals surface area contributed by atoms with Crippen LogP contribution in [0.4, 0.5) is 17.1 Å². The quantitative estimate of drug-likeness (QED) is 0.145. The van der Waals surface area contributed by atoms with Crippen molar-refractivity contribution in [1.82, 2.24) is 9.97 Å². The summed E-state index contributed by atoms with van der Waals surface area (Å²) < 4.78 is 0. The summed E-state index contributed by atoms with van der Waals surface area (Å²) in [7, 11) is 0. The summed E-state index contributed by atoms with van der Waals surface area (Å²) in [6.45, 7) is 0. The molecule has 12 aromatic rings. The molecule has 0 saturated carbocycles. The molecule has 0 aliphatic rings. The van der Waals surface area contributed by atoms with E-state index in [9.17, 15) is 0 Å². The highest BCUT2D eigenvalue weighted by Gasteiger charge is 2.28. The van der Waals surface area contributed by atoms with Gasteiger partial charge in [0.15, 0.2) is 0 Å². The minimum Gasteiger partial charge on any atom is -0.311 e. The van der Waals surface area contributed by atoms with Gasteiger partial charge in [0.05, 0.1) is 22.4 Å². The number of hydrogen-bond donors (Lipinski definition) is 0. The van der Waals surface area contributed by atoms with Crippen molar-refractivity contribution in [3.63, 3.8) is 0 Å². The van der Waals surface area contributed by atoms with Gasteiger partial charge in [-0.3, -0.25) is 0 Å². The molecule has 1 aromatic heterocycles. The van der Waals surface area contributed by atoms with Gasteiger partial charge in [0.25, 0.3) is 0 Å². The number of aromatic nitrogens is 2. The van der Waals surface area contributed by atoms with Crippen LogP contribution in [0.2, 0.25) is 0 Å². The van der Waals surface area contributed by atoms with E-state index in [1.54, 1.807) is 0 Å². The SMILES string of the molecule is c1ccc(-c2nc3c(-c4ccc5ccccc5c4)c(-c4ccccc4)c(-c4ccccc4)c(-c4ccc5ccccc5c4)c3nc2-c2ccc(N(c3ccccc3)c3ccccc3)cc2)cc1. The monoisotopic (exact) mass is 853 g/mol. The molecule has 0 N–H and O–H groups in total. The molecule has 3 nitrogen and oxygen atoms in total. The number of rotatable bonds is 9. The Morgan fingerprint density at radius 2 is 0.537 bits per heavy atom. The lowest BCUT2D eigenvalue weighted by Crippen LogP contribution is -2.09. The Bertz CT molecular complexity index is 3670. The fourth-order valence-electron chi connectivity index (χ4n) is 9.68. The summed E-state index contributed by atoms with van der Waals surface area (Å²) in [5.74, 6) is 0. The van der Waals surface area contributed by atoms with Crippen LogP contribution in [0.3, 0.4) is 0 Å². The molecule has 11 aromatic carbocycles. The molecule has 0 saturated heterocycles. The van der Waals surface area contributed by atoms with Crippen molar-refractivity contribution >= 4 is 49.6 Å². The second-order valence-electron chi connectivity index (χ2n) is 16.9. The molecule has 314 valence electrons. The van der Waals surface area contributed by atoms with Gasteiger partial charge in [-0.25, -0.2) is 9.97 Å². The first-order chi connectivity index (χ1) is 33.2. The summed E-state index contributed by atoms with van der Waals surface area (Å²) in [4.78, 5) is 14.2. The fraction of sp³-hybridized carbons (Fsp3) is 0. The van der Waals surface area contributed by atoms with Crippen LogP contribution in [0.25, 0.3) is 99.6 Å². The van der Waals surface area contributed by atoms with Gasteiger partial charge < -0.3 is 4.90 Å². The Morgan fingerprint density at radius 1 is 0.224 bits per heavy atom. The lowest BCUT2D eigenvalue weighted by molar-refractivity contribution is 1.27. The Kier molecular flexibility index (Phi) is 10.2. The molecule has 12 rings (SSSR count). The van der Waals surface area contributed by atoms with Crippen molar-refractivity contribution in [2.45, 2.75) is 0 Å². The van der Waals surface area contributed by atoms with E-state index < -0.39 is 0 Å². The zero-order valence-corrected chi connectivity index (χ0v) is 36.7. The highest BCUT2D eigenvalue weighted by molar-refractivity contribution is 6.17. The van der Waals surface area contributed by atoms with Gasteiger partial charge in [0.1, 0.15) is 0 Å². The third kappa shape index (κ3) is 7.39. The zero-order valence-electron chi connectivity index (χ0n) is 36.7. The lowest BCUT2D eigenvalue weighted by atomic mass is 9.80. The molecule has 0 radical (unpaired) electrons. The highest BCUT2D eigenvalue weighted by atomic mass is 15.1. The minimum atomic E-state index is 0.814. The summed E-state index contributed by atoms with van der Waals surface area (Å²) in [5, 5.41) is 4.71. The van der Waals surface area contributed by atoms with Gasteiger partial charge in [0, 0.05) is 50.4 Å². The predicted octanol–water partition coefficient (Wildman–Crippen LogP) is 17.4. The maximum absolute atomic E-state index is 5.96. The zero-order chi connectivity index (χ0) is 44.5. The normalized spacial score (nSPS) is 11.3. The van der Waals surface area contributed by atoms with Crippen LogP contribution >= 0.6 is 0 Å². The first-order valence-corrected chi connectivity index (χ1v) is 22.8. The third-order valence-electron chi connectivity index (χ3n) is 12.8. The van der Waals surface area contributed by atoms with Gasteiger partial charge in [-0.15, -0.1) is 0 Å². The Labute approximate surface area is 390 Å². The van der Waals surface area contributed by atoms with E-state index >= 15 is 0 Å². The number of hydrogen-bond acceptors (Lipinski definition) is 3. The molecule has 0 atom stereocenters. The van der Waals surface area contributed by atoms with Crippen LogP contribution in [0.5, 0.6) is 0 Å².